The fourth-order valence-corrected chi connectivity index (χ4v) is 3.07. The average Bonchev–Trinajstić information content (AvgIpc) is 2.84. The molecule has 1 aromatic rings. The summed E-state index contributed by atoms with van der Waals surface area (Å²) in [7, 11) is 0. The predicted molar refractivity (Wildman–Crippen MR) is 79.9 cm³/mol. The molecule has 1 aromatic heterocycles. The zero-order chi connectivity index (χ0) is 13.7. The summed E-state index contributed by atoms with van der Waals surface area (Å²) < 4.78 is 2.35. The van der Waals surface area contributed by atoms with Crippen LogP contribution in [0, 0.1) is 11.8 Å². The van der Waals surface area contributed by atoms with Crippen LogP contribution in [-0.4, -0.2) is 15.6 Å². The fraction of sp³-hybridized carbons (Fsp3) is 0.812. The molecule has 3 nitrogen and oxygen atoms in total. The molecule has 0 spiro atoms. The van der Waals surface area contributed by atoms with E-state index in [4.69, 9.17) is 0 Å². The molecule has 1 saturated carbocycles. The lowest BCUT2D eigenvalue weighted by molar-refractivity contribution is 0.246. The van der Waals surface area contributed by atoms with Crippen molar-refractivity contribution in [3.8, 4) is 0 Å². The van der Waals surface area contributed by atoms with Crippen molar-refractivity contribution in [2.75, 3.05) is 0 Å². The maximum absolute atomic E-state index is 4.32. The smallest absolute Gasteiger partial charge is 0.0948 e. The Balaban J connectivity index is 1.84. The summed E-state index contributed by atoms with van der Waals surface area (Å²) >= 11 is 0. The Hall–Kier alpha value is -0.830. The molecule has 1 aliphatic carbocycles. The third kappa shape index (κ3) is 4.34. The maximum atomic E-state index is 4.32. The summed E-state index contributed by atoms with van der Waals surface area (Å²) in [6, 6.07) is 0.531. The minimum atomic E-state index is 0.531. The third-order valence-corrected chi connectivity index (χ3v) is 4.49. The molecule has 2 rings (SSSR count). The van der Waals surface area contributed by atoms with E-state index < -0.39 is 0 Å². The van der Waals surface area contributed by atoms with Crippen molar-refractivity contribution in [2.24, 2.45) is 11.8 Å². The molecule has 0 aromatic carbocycles. The van der Waals surface area contributed by atoms with E-state index in [0.29, 0.717) is 6.04 Å². The van der Waals surface area contributed by atoms with Crippen LogP contribution in [0.4, 0.5) is 0 Å². The lowest BCUT2D eigenvalue weighted by Crippen LogP contribution is -2.25. The van der Waals surface area contributed by atoms with Crippen molar-refractivity contribution < 1.29 is 0 Å². The number of nitrogens with zero attached hydrogens (tertiary/aromatic N) is 2. The normalized spacial score (nSPS) is 24.0. The van der Waals surface area contributed by atoms with Crippen molar-refractivity contribution in [1.29, 1.82) is 0 Å². The van der Waals surface area contributed by atoms with E-state index >= 15 is 0 Å². The van der Waals surface area contributed by atoms with Gasteiger partial charge in [-0.3, -0.25) is 0 Å². The van der Waals surface area contributed by atoms with E-state index in [0.717, 1.165) is 24.9 Å². The summed E-state index contributed by atoms with van der Waals surface area (Å²) in [4.78, 5) is 4.32. The highest BCUT2D eigenvalue weighted by Gasteiger charge is 2.20. The highest BCUT2D eigenvalue weighted by Crippen LogP contribution is 2.31. The summed E-state index contributed by atoms with van der Waals surface area (Å²) in [5.41, 5.74) is 1.33. The Morgan fingerprint density at radius 2 is 1.95 bits per heavy atom. The van der Waals surface area contributed by atoms with E-state index in [1.54, 1.807) is 0 Å². The first kappa shape index (κ1) is 14.6. The molecule has 0 aliphatic heterocycles. The first-order chi connectivity index (χ1) is 9.19. The van der Waals surface area contributed by atoms with Crippen molar-refractivity contribution in [2.45, 2.75) is 72.0 Å². The number of nitrogens with one attached hydrogen (secondary N) is 1. The van der Waals surface area contributed by atoms with E-state index in [9.17, 15) is 0 Å². The number of hydrogen-bond donors (Lipinski definition) is 1. The SMILES string of the molecule is CCC1CCC(Cn2cncc2CNC(C)C)CC1. The van der Waals surface area contributed by atoms with Crippen LogP contribution in [-0.2, 0) is 13.1 Å². The summed E-state index contributed by atoms with van der Waals surface area (Å²) in [6.45, 7) is 8.80. The Labute approximate surface area is 117 Å². The highest BCUT2D eigenvalue weighted by molar-refractivity contribution is 4.98. The zero-order valence-corrected chi connectivity index (χ0v) is 12.7. The second-order valence-electron chi connectivity index (χ2n) is 6.37. The second-order valence-corrected chi connectivity index (χ2v) is 6.37. The van der Waals surface area contributed by atoms with Crippen molar-refractivity contribution in [1.82, 2.24) is 14.9 Å². The third-order valence-electron chi connectivity index (χ3n) is 4.49. The molecule has 1 heterocycles. The summed E-state index contributed by atoms with van der Waals surface area (Å²) in [6.07, 6.45) is 11.0. The van der Waals surface area contributed by atoms with Gasteiger partial charge in [-0.15, -0.1) is 0 Å². The molecule has 0 radical (unpaired) electrons. The lowest BCUT2D eigenvalue weighted by Gasteiger charge is -2.28. The van der Waals surface area contributed by atoms with Gasteiger partial charge in [0, 0.05) is 25.3 Å². The molecule has 1 aliphatic rings. The van der Waals surface area contributed by atoms with Gasteiger partial charge in [0.15, 0.2) is 0 Å². The summed E-state index contributed by atoms with van der Waals surface area (Å²) in [5, 5.41) is 3.48. The van der Waals surface area contributed by atoms with Crippen molar-refractivity contribution >= 4 is 0 Å². The lowest BCUT2D eigenvalue weighted by atomic mass is 9.81. The monoisotopic (exact) mass is 263 g/mol. The first-order valence-electron chi connectivity index (χ1n) is 7.91. The quantitative estimate of drug-likeness (QED) is 0.850. The van der Waals surface area contributed by atoms with Crippen LogP contribution in [0.2, 0.25) is 0 Å². The first-order valence-corrected chi connectivity index (χ1v) is 7.91. The van der Waals surface area contributed by atoms with Gasteiger partial charge < -0.3 is 9.88 Å². The Morgan fingerprint density at radius 3 is 2.58 bits per heavy atom. The number of aromatic nitrogens is 2. The van der Waals surface area contributed by atoms with Crippen LogP contribution in [0.25, 0.3) is 0 Å². The van der Waals surface area contributed by atoms with Crippen LogP contribution < -0.4 is 5.32 Å². The molecule has 0 bridgehead atoms. The van der Waals surface area contributed by atoms with Crippen molar-refractivity contribution in [3.63, 3.8) is 0 Å². The molecule has 0 saturated heterocycles. The van der Waals surface area contributed by atoms with Crippen molar-refractivity contribution in [3.05, 3.63) is 18.2 Å². The molecular formula is C16H29N3. The van der Waals surface area contributed by atoms with E-state index in [2.05, 4.69) is 35.6 Å². The van der Waals surface area contributed by atoms with Crippen LogP contribution in [0.15, 0.2) is 12.5 Å². The molecule has 3 heteroatoms. The van der Waals surface area contributed by atoms with Gasteiger partial charge in [-0.05, 0) is 24.7 Å². The number of rotatable bonds is 6. The molecular weight excluding hydrogens is 234 g/mol. The molecule has 19 heavy (non-hydrogen) atoms. The van der Waals surface area contributed by atoms with Gasteiger partial charge in [0.2, 0.25) is 0 Å². The van der Waals surface area contributed by atoms with Gasteiger partial charge in [0.05, 0.1) is 12.0 Å². The molecule has 108 valence electrons. The van der Waals surface area contributed by atoms with Crippen LogP contribution >= 0.6 is 0 Å². The predicted octanol–water partition coefficient (Wildman–Crippen LogP) is 3.60. The highest BCUT2D eigenvalue weighted by atomic mass is 15.1. The average molecular weight is 263 g/mol. The van der Waals surface area contributed by atoms with Gasteiger partial charge in [-0.25, -0.2) is 4.98 Å². The standard InChI is InChI=1S/C16H29N3/c1-4-14-5-7-15(8-6-14)11-19-12-17-9-16(19)10-18-13(2)3/h9,12-15,18H,4-8,10-11H2,1-3H3. The Bertz CT molecular complexity index is 362. The van der Waals surface area contributed by atoms with Gasteiger partial charge >= 0.3 is 0 Å². The second kappa shape index (κ2) is 7.09. The van der Waals surface area contributed by atoms with E-state index in [-0.39, 0.29) is 0 Å². The Morgan fingerprint density at radius 1 is 1.26 bits per heavy atom. The number of hydrogen-bond acceptors (Lipinski definition) is 2. The van der Waals surface area contributed by atoms with Crippen LogP contribution in [0.1, 0.15) is 58.6 Å². The minimum absolute atomic E-state index is 0.531. The molecule has 1 N–H and O–H groups in total. The minimum Gasteiger partial charge on any atom is -0.333 e. The van der Waals surface area contributed by atoms with Gasteiger partial charge in [0.1, 0.15) is 0 Å². The fourth-order valence-electron chi connectivity index (χ4n) is 3.07. The topological polar surface area (TPSA) is 29.9 Å². The zero-order valence-electron chi connectivity index (χ0n) is 12.7. The van der Waals surface area contributed by atoms with Gasteiger partial charge in [-0.2, -0.15) is 0 Å². The van der Waals surface area contributed by atoms with Crippen LogP contribution in [0.5, 0.6) is 0 Å². The van der Waals surface area contributed by atoms with E-state index in [1.165, 1.54) is 37.8 Å². The number of imidazole rings is 1. The molecule has 1 fully saturated rings. The largest absolute Gasteiger partial charge is 0.333 e. The maximum Gasteiger partial charge on any atom is 0.0948 e. The van der Waals surface area contributed by atoms with Gasteiger partial charge in [-0.1, -0.05) is 40.0 Å². The Kier molecular flexibility index (Phi) is 5.44. The van der Waals surface area contributed by atoms with E-state index in [1.807, 2.05) is 12.5 Å². The van der Waals surface area contributed by atoms with Gasteiger partial charge in [0.25, 0.3) is 0 Å². The molecule has 0 amide bonds. The molecule has 0 atom stereocenters. The summed E-state index contributed by atoms with van der Waals surface area (Å²) in [5.74, 6) is 1.84. The molecule has 0 unspecified atom stereocenters. The van der Waals surface area contributed by atoms with Crippen LogP contribution in [0.3, 0.4) is 0 Å².